The molecule has 3 atom stereocenters. The second-order valence-corrected chi connectivity index (χ2v) is 6.02. The summed E-state index contributed by atoms with van der Waals surface area (Å²) >= 11 is 1.89. The predicted molar refractivity (Wildman–Crippen MR) is 69.0 cm³/mol. The van der Waals surface area contributed by atoms with E-state index in [-0.39, 0.29) is 0 Å². The van der Waals surface area contributed by atoms with Gasteiger partial charge < -0.3 is 10.1 Å². The van der Waals surface area contributed by atoms with E-state index in [0.29, 0.717) is 18.1 Å². The zero-order valence-corrected chi connectivity index (χ0v) is 11.1. The molecule has 3 unspecified atom stereocenters. The van der Waals surface area contributed by atoms with Gasteiger partial charge in [0.1, 0.15) is 0 Å². The van der Waals surface area contributed by atoms with E-state index in [1.54, 1.807) is 0 Å². The fraction of sp³-hybridized carbons (Fsp3) is 0.692. The fourth-order valence-electron chi connectivity index (χ4n) is 2.16. The number of nitrogens with one attached hydrogen (secondary N) is 1. The molecule has 1 aliphatic rings. The van der Waals surface area contributed by atoms with Crippen molar-refractivity contribution < 1.29 is 4.74 Å². The maximum atomic E-state index is 5.57. The van der Waals surface area contributed by atoms with Crippen molar-refractivity contribution in [3.05, 3.63) is 21.9 Å². The minimum absolute atomic E-state index is 0.421. The smallest absolute Gasteiger partial charge is 0.0588 e. The number of aryl methyl sites for hydroxylation is 1. The second kappa shape index (κ2) is 5.30. The second-order valence-electron chi connectivity index (χ2n) is 4.70. The van der Waals surface area contributed by atoms with Gasteiger partial charge in [-0.05, 0) is 45.2 Å². The van der Waals surface area contributed by atoms with Crippen molar-refractivity contribution in [1.82, 2.24) is 5.32 Å². The van der Waals surface area contributed by atoms with Crippen LogP contribution in [-0.2, 0) is 4.74 Å². The van der Waals surface area contributed by atoms with Crippen molar-refractivity contribution in [3.63, 3.8) is 0 Å². The lowest BCUT2D eigenvalue weighted by Crippen LogP contribution is -2.28. The largest absolute Gasteiger partial charge is 0.378 e. The van der Waals surface area contributed by atoms with Gasteiger partial charge in [0, 0.05) is 28.9 Å². The summed E-state index contributed by atoms with van der Waals surface area (Å²) in [4.78, 5) is 2.82. The van der Waals surface area contributed by atoms with Gasteiger partial charge in [0.2, 0.25) is 0 Å². The first-order chi connectivity index (χ1) is 7.66. The first kappa shape index (κ1) is 12.1. The molecule has 1 aromatic heterocycles. The van der Waals surface area contributed by atoms with Gasteiger partial charge >= 0.3 is 0 Å². The maximum Gasteiger partial charge on any atom is 0.0588 e. The molecule has 1 aliphatic heterocycles. The molecule has 0 spiro atoms. The van der Waals surface area contributed by atoms with Crippen LogP contribution in [0, 0.1) is 12.8 Å². The van der Waals surface area contributed by atoms with Crippen molar-refractivity contribution in [1.29, 1.82) is 0 Å². The number of hydrogen-bond acceptors (Lipinski definition) is 3. The van der Waals surface area contributed by atoms with Crippen LogP contribution < -0.4 is 5.32 Å². The summed E-state index contributed by atoms with van der Waals surface area (Å²) in [6.07, 6.45) is 1.62. The van der Waals surface area contributed by atoms with Crippen LogP contribution in [0.2, 0.25) is 0 Å². The molecule has 0 amide bonds. The zero-order valence-electron chi connectivity index (χ0n) is 10.3. The SMILES string of the molecule is Cc1ccc(C(C)NCC2CCOC2C)s1. The number of ether oxygens (including phenoxy) is 1. The lowest BCUT2D eigenvalue weighted by molar-refractivity contribution is 0.105. The van der Waals surface area contributed by atoms with E-state index >= 15 is 0 Å². The molecular weight excluding hydrogens is 218 g/mol. The van der Waals surface area contributed by atoms with Gasteiger partial charge in [-0.15, -0.1) is 11.3 Å². The molecule has 1 N–H and O–H groups in total. The Kier molecular flexibility index (Phi) is 4.00. The van der Waals surface area contributed by atoms with Gasteiger partial charge in [-0.25, -0.2) is 0 Å². The van der Waals surface area contributed by atoms with Crippen molar-refractivity contribution in [2.45, 2.75) is 39.3 Å². The molecule has 3 heteroatoms. The van der Waals surface area contributed by atoms with Crippen LogP contribution in [0.25, 0.3) is 0 Å². The van der Waals surface area contributed by atoms with Crippen LogP contribution in [0.15, 0.2) is 12.1 Å². The fourth-order valence-corrected chi connectivity index (χ4v) is 3.06. The van der Waals surface area contributed by atoms with Crippen LogP contribution in [0.5, 0.6) is 0 Å². The highest BCUT2D eigenvalue weighted by molar-refractivity contribution is 7.12. The summed E-state index contributed by atoms with van der Waals surface area (Å²) in [6.45, 7) is 8.58. The van der Waals surface area contributed by atoms with Crippen LogP contribution in [0.4, 0.5) is 0 Å². The van der Waals surface area contributed by atoms with Crippen molar-refractivity contribution in [2.24, 2.45) is 5.92 Å². The minimum atomic E-state index is 0.421. The van der Waals surface area contributed by atoms with E-state index < -0.39 is 0 Å². The molecule has 0 saturated carbocycles. The topological polar surface area (TPSA) is 21.3 Å². The molecule has 1 saturated heterocycles. The summed E-state index contributed by atoms with van der Waals surface area (Å²) in [5.41, 5.74) is 0. The number of rotatable bonds is 4. The molecule has 2 heterocycles. The lowest BCUT2D eigenvalue weighted by atomic mass is 10.0. The summed E-state index contributed by atoms with van der Waals surface area (Å²) in [7, 11) is 0. The van der Waals surface area contributed by atoms with E-state index in [2.05, 4.69) is 38.2 Å². The number of hydrogen-bond donors (Lipinski definition) is 1. The molecule has 0 bridgehead atoms. The molecule has 0 aromatic carbocycles. The third-order valence-electron chi connectivity index (χ3n) is 3.41. The molecule has 16 heavy (non-hydrogen) atoms. The van der Waals surface area contributed by atoms with Gasteiger partial charge in [0.25, 0.3) is 0 Å². The first-order valence-electron chi connectivity index (χ1n) is 6.08. The van der Waals surface area contributed by atoms with Crippen LogP contribution in [0.1, 0.15) is 36.1 Å². The van der Waals surface area contributed by atoms with Crippen LogP contribution in [0.3, 0.4) is 0 Å². The Balaban J connectivity index is 1.81. The molecule has 0 radical (unpaired) electrons. The zero-order chi connectivity index (χ0) is 11.5. The van der Waals surface area contributed by atoms with Gasteiger partial charge in [0.15, 0.2) is 0 Å². The minimum Gasteiger partial charge on any atom is -0.378 e. The highest BCUT2D eigenvalue weighted by Gasteiger charge is 2.24. The van der Waals surface area contributed by atoms with E-state index in [4.69, 9.17) is 4.74 Å². The average Bonchev–Trinajstić information content (AvgIpc) is 2.84. The van der Waals surface area contributed by atoms with Gasteiger partial charge in [-0.2, -0.15) is 0 Å². The van der Waals surface area contributed by atoms with Crippen molar-refractivity contribution in [2.75, 3.05) is 13.2 Å². The average molecular weight is 239 g/mol. The molecule has 1 aromatic rings. The molecular formula is C13H21NOS. The molecule has 0 aliphatic carbocycles. The van der Waals surface area contributed by atoms with Gasteiger partial charge in [0.05, 0.1) is 6.10 Å². The maximum absolute atomic E-state index is 5.57. The molecule has 2 rings (SSSR count). The van der Waals surface area contributed by atoms with E-state index in [9.17, 15) is 0 Å². The van der Waals surface area contributed by atoms with Crippen molar-refractivity contribution >= 4 is 11.3 Å². The van der Waals surface area contributed by atoms with E-state index in [1.165, 1.54) is 16.2 Å². The highest BCUT2D eigenvalue weighted by atomic mass is 32.1. The Labute approximate surface area is 102 Å². The highest BCUT2D eigenvalue weighted by Crippen LogP contribution is 2.24. The first-order valence-corrected chi connectivity index (χ1v) is 6.90. The number of thiophene rings is 1. The summed E-state index contributed by atoms with van der Waals surface area (Å²) in [5, 5.41) is 3.62. The summed E-state index contributed by atoms with van der Waals surface area (Å²) in [6, 6.07) is 4.89. The van der Waals surface area contributed by atoms with Crippen molar-refractivity contribution in [3.8, 4) is 0 Å². The monoisotopic (exact) mass is 239 g/mol. The Hall–Kier alpha value is -0.380. The van der Waals surface area contributed by atoms with E-state index in [0.717, 1.165) is 13.2 Å². The van der Waals surface area contributed by atoms with E-state index in [1.807, 2.05) is 11.3 Å². The Morgan fingerprint density at radius 1 is 1.56 bits per heavy atom. The Morgan fingerprint density at radius 3 is 2.94 bits per heavy atom. The third kappa shape index (κ3) is 2.84. The van der Waals surface area contributed by atoms with Crippen LogP contribution in [-0.4, -0.2) is 19.3 Å². The molecule has 1 fully saturated rings. The quantitative estimate of drug-likeness (QED) is 0.871. The lowest BCUT2D eigenvalue weighted by Gasteiger charge is -2.18. The summed E-state index contributed by atoms with van der Waals surface area (Å²) < 4.78 is 5.57. The Morgan fingerprint density at radius 2 is 2.38 bits per heavy atom. The predicted octanol–water partition coefficient (Wildman–Crippen LogP) is 3.13. The normalized spacial score (nSPS) is 27.2. The Bertz CT molecular complexity index is 336. The molecule has 90 valence electrons. The third-order valence-corrected chi connectivity index (χ3v) is 4.59. The molecule has 2 nitrogen and oxygen atoms in total. The standard InChI is InChI=1S/C13H21NOS/c1-9-4-5-13(16-9)10(2)14-8-12-6-7-15-11(12)3/h4-5,10-12,14H,6-8H2,1-3H3. The van der Waals surface area contributed by atoms with Crippen LogP contribution >= 0.6 is 11.3 Å². The van der Waals surface area contributed by atoms with Gasteiger partial charge in [-0.1, -0.05) is 0 Å². The summed E-state index contributed by atoms with van der Waals surface area (Å²) in [5.74, 6) is 0.684. The van der Waals surface area contributed by atoms with Gasteiger partial charge in [-0.3, -0.25) is 0 Å².